The first kappa shape index (κ1) is 7.55. The summed E-state index contributed by atoms with van der Waals surface area (Å²) in [5.74, 6) is 0. The van der Waals surface area contributed by atoms with Crippen LogP contribution in [0, 0.1) is 0 Å². The summed E-state index contributed by atoms with van der Waals surface area (Å²) in [6.45, 7) is -0.164. The van der Waals surface area contributed by atoms with Crippen LogP contribution in [0.5, 0.6) is 0 Å². The summed E-state index contributed by atoms with van der Waals surface area (Å²) < 4.78 is 0. The molecule has 0 aromatic carbocycles. The van der Waals surface area contributed by atoms with Crippen molar-refractivity contribution in [2.45, 2.75) is 25.9 Å². The molecule has 1 heterocycles. The Morgan fingerprint density at radius 2 is 2.33 bits per heavy atom. The summed E-state index contributed by atoms with van der Waals surface area (Å²) in [7, 11) is 0. The molecule has 1 aromatic rings. The number of rotatable bonds is 1. The molecule has 0 atom stereocenters. The topological polar surface area (TPSA) is 53.1 Å². The smallest absolute Gasteiger partial charge is 0.253 e. The molecule has 0 unspecified atom stereocenters. The second kappa shape index (κ2) is 2.75. The number of H-pyrrole nitrogens is 1. The summed E-state index contributed by atoms with van der Waals surface area (Å²) in [4.78, 5) is 14.0. The molecule has 3 nitrogen and oxygen atoms in total. The third-order valence-electron chi connectivity index (χ3n) is 2.34. The Labute approximate surface area is 70.1 Å². The molecule has 1 aromatic heterocycles. The zero-order chi connectivity index (χ0) is 8.55. The van der Waals surface area contributed by atoms with Crippen molar-refractivity contribution in [3.05, 3.63) is 33.2 Å². The van der Waals surface area contributed by atoms with E-state index >= 15 is 0 Å². The van der Waals surface area contributed by atoms with Crippen molar-refractivity contribution in [1.82, 2.24) is 4.98 Å². The van der Waals surface area contributed by atoms with E-state index in [1.165, 1.54) is 5.56 Å². The first-order valence-corrected chi connectivity index (χ1v) is 4.16. The van der Waals surface area contributed by atoms with Crippen LogP contribution in [0.15, 0.2) is 10.9 Å². The van der Waals surface area contributed by atoms with E-state index in [0.717, 1.165) is 25.0 Å². The largest absolute Gasteiger partial charge is 0.391 e. The lowest BCUT2D eigenvalue weighted by molar-refractivity contribution is 0.280. The molecular weight excluding hydrogens is 154 g/mol. The summed E-state index contributed by atoms with van der Waals surface area (Å²) >= 11 is 0. The molecular formula is C9H11NO2. The van der Waals surface area contributed by atoms with E-state index in [9.17, 15) is 4.79 Å². The summed E-state index contributed by atoms with van der Waals surface area (Å²) in [6, 6.07) is 1.82. The van der Waals surface area contributed by atoms with Gasteiger partial charge in [-0.05, 0) is 30.9 Å². The number of hydrogen-bond acceptors (Lipinski definition) is 2. The number of nitrogens with one attached hydrogen (secondary N) is 1. The van der Waals surface area contributed by atoms with Crippen LogP contribution >= 0.6 is 0 Å². The molecule has 0 aliphatic heterocycles. The maximum absolute atomic E-state index is 11.2. The standard InChI is InChI=1S/C9H11NO2/c11-5-7-4-6-2-1-3-8(6)10-9(7)12/h4,11H,1-3,5H2,(H,10,12). The van der Waals surface area contributed by atoms with Gasteiger partial charge in [-0.15, -0.1) is 0 Å². The highest BCUT2D eigenvalue weighted by Gasteiger charge is 2.13. The average Bonchev–Trinajstić information content (AvgIpc) is 2.49. The highest BCUT2D eigenvalue weighted by molar-refractivity contribution is 5.28. The SMILES string of the molecule is O=c1[nH]c2c(cc1CO)CCC2. The number of hydrogen-bond donors (Lipinski definition) is 2. The maximum atomic E-state index is 11.2. The van der Waals surface area contributed by atoms with Gasteiger partial charge in [-0.2, -0.15) is 0 Å². The van der Waals surface area contributed by atoms with Gasteiger partial charge in [0.25, 0.3) is 5.56 Å². The fourth-order valence-electron chi connectivity index (χ4n) is 1.68. The minimum absolute atomic E-state index is 0.141. The predicted octanol–water partition coefficient (Wildman–Crippen LogP) is 0.356. The van der Waals surface area contributed by atoms with Crippen molar-refractivity contribution in [2.75, 3.05) is 0 Å². The molecule has 2 N–H and O–H groups in total. The third-order valence-corrected chi connectivity index (χ3v) is 2.34. The minimum Gasteiger partial charge on any atom is -0.391 e. The average molecular weight is 165 g/mol. The Bertz CT molecular complexity index is 354. The summed E-state index contributed by atoms with van der Waals surface area (Å²) in [5, 5.41) is 8.83. The van der Waals surface area contributed by atoms with E-state index in [0.29, 0.717) is 5.56 Å². The van der Waals surface area contributed by atoms with E-state index in [4.69, 9.17) is 5.11 Å². The van der Waals surface area contributed by atoms with Crippen molar-refractivity contribution in [3.63, 3.8) is 0 Å². The number of aromatic amines is 1. The van der Waals surface area contributed by atoms with Crippen LogP contribution in [0.3, 0.4) is 0 Å². The summed E-state index contributed by atoms with van der Waals surface area (Å²) in [5.41, 5.74) is 2.59. The van der Waals surface area contributed by atoms with Crippen molar-refractivity contribution in [1.29, 1.82) is 0 Å². The molecule has 0 bridgehead atoms. The first-order valence-electron chi connectivity index (χ1n) is 4.16. The molecule has 0 fully saturated rings. The first-order chi connectivity index (χ1) is 5.81. The Morgan fingerprint density at radius 1 is 1.50 bits per heavy atom. The van der Waals surface area contributed by atoms with Gasteiger partial charge < -0.3 is 10.1 Å². The second-order valence-electron chi connectivity index (χ2n) is 3.14. The second-order valence-corrected chi connectivity index (χ2v) is 3.14. The fourth-order valence-corrected chi connectivity index (χ4v) is 1.68. The van der Waals surface area contributed by atoms with Gasteiger partial charge in [0, 0.05) is 11.3 Å². The maximum Gasteiger partial charge on any atom is 0.253 e. The normalized spacial score (nSPS) is 14.8. The van der Waals surface area contributed by atoms with Crippen LogP contribution in [0.4, 0.5) is 0 Å². The van der Waals surface area contributed by atoms with Gasteiger partial charge in [-0.1, -0.05) is 0 Å². The van der Waals surface area contributed by atoms with Crippen LogP contribution in [0.2, 0.25) is 0 Å². The van der Waals surface area contributed by atoms with Crippen LogP contribution in [0.1, 0.15) is 23.2 Å². The Balaban J connectivity index is 2.57. The van der Waals surface area contributed by atoms with Crippen molar-refractivity contribution >= 4 is 0 Å². The molecule has 3 heteroatoms. The summed E-state index contributed by atoms with van der Waals surface area (Å²) in [6.07, 6.45) is 3.11. The van der Waals surface area contributed by atoms with Crippen molar-refractivity contribution < 1.29 is 5.11 Å². The Morgan fingerprint density at radius 3 is 3.08 bits per heavy atom. The van der Waals surface area contributed by atoms with E-state index in [-0.39, 0.29) is 12.2 Å². The fraction of sp³-hybridized carbons (Fsp3) is 0.444. The van der Waals surface area contributed by atoms with Crippen LogP contribution in [-0.4, -0.2) is 10.1 Å². The minimum atomic E-state index is -0.164. The number of pyridine rings is 1. The highest BCUT2D eigenvalue weighted by Crippen LogP contribution is 2.18. The van der Waals surface area contributed by atoms with Gasteiger partial charge in [0.2, 0.25) is 0 Å². The van der Waals surface area contributed by atoms with Gasteiger partial charge in [-0.25, -0.2) is 0 Å². The predicted molar refractivity (Wildman–Crippen MR) is 45.0 cm³/mol. The quantitative estimate of drug-likeness (QED) is 0.631. The molecule has 1 aliphatic carbocycles. The van der Waals surface area contributed by atoms with E-state index in [2.05, 4.69) is 4.98 Å². The van der Waals surface area contributed by atoms with Gasteiger partial charge in [0.15, 0.2) is 0 Å². The molecule has 2 rings (SSSR count). The molecule has 0 radical (unpaired) electrons. The zero-order valence-electron chi connectivity index (χ0n) is 6.76. The molecule has 12 heavy (non-hydrogen) atoms. The Kier molecular flexibility index (Phi) is 1.73. The number of fused-ring (bicyclic) bond motifs is 1. The van der Waals surface area contributed by atoms with Gasteiger partial charge in [0.1, 0.15) is 0 Å². The van der Waals surface area contributed by atoms with Crippen LogP contribution in [-0.2, 0) is 19.4 Å². The van der Waals surface area contributed by atoms with Gasteiger partial charge >= 0.3 is 0 Å². The zero-order valence-corrected chi connectivity index (χ0v) is 6.76. The lowest BCUT2D eigenvalue weighted by atomic mass is 10.1. The molecule has 0 saturated carbocycles. The molecule has 64 valence electrons. The van der Waals surface area contributed by atoms with Crippen LogP contribution in [0.25, 0.3) is 0 Å². The molecule has 1 aliphatic rings. The third kappa shape index (κ3) is 1.06. The van der Waals surface area contributed by atoms with Crippen molar-refractivity contribution in [2.24, 2.45) is 0 Å². The van der Waals surface area contributed by atoms with Crippen LogP contribution < -0.4 is 5.56 Å². The Hall–Kier alpha value is -1.09. The van der Waals surface area contributed by atoms with E-state index in [1.54, 1.807) is 0 Å². The number of aliphatic hydroxyl groups is 1. The number of aliphatic hydroxyl groups excluding tert-OH is 1. The molecule has 0 amide bonds. The molecule has 0 saturated heterocycles. The lowest BCUT2D eigenvalue weighted by Crippen LogP contribution is -2.14. The van der Waals surface area contributed by atoms with E-state index < -0.39 is 0 Å². The monoisotopic (exact) mass is 165 g/mol. The van der Waals surface area contributed by atoms with Gasteiger partial charge in [0.05, 0.1) is 6.61 Å². The molecule has 0 spiro atoms. The highest BCUT2D eigenvalue weighted by atomic mass is 16.3. The lowest BCUT2D eigenvalue weighted by Gasteiger charge is -2.00. The van der Waals surface area contributed by atoms with E-state index in [1.807, 2.05) is 6.07 Å². The van der Waals surface area contributed by atoms with Gasteiger partial charge in [-0.3, -0.25) is 4.79 Å². The van der Waals surface area contributed by atoms with Crippen molar-refractivity contribution in [3.8, 4) is 0 Å². The number of aryl methyl sites for hydroxylation is 2. The number of aromatic nitrogens is 1.